The SMILES string of the molecule is O=c1c2ccc(OCc3ccccc3)cc2oc2[nH]c3ccccc3c12. The second kappa shape index (κ2) is 5.77. The summed E-state index contributed by atoms with van der Waals surface area (Å²) in [6.45, 7) is 0.464. The monoisotopic (exact) mass is 341 g/mol. The van der Waals surface area contributed by atoms with Crippen LogP contribution in [0.2, 0.25) is 0 Å². The average molecular weight is 341 g/mol. The van der Waals surface area contributed by atoms with Crippen molar-refractivity contribution in [1.82, 2.24) is 4.98 Å². The van der Waals surface area contributed by atoms with Gasteiger partial charge in [0.15, 0.2) is 0 Å². The molecule has 0 bridgehead atoms. The van der Waals surface area contributed by atoms with Gasteiger partial charge in [0.05, 0.1) is 10.8 Å². The standard InChI is InChI=1S/C22H15NO3/c24-21-17-11-10-15(25-13-14-6-2-1-3-7-14)12-19(17)26-22-20(21)16-8-4-5-9-18(16)23-22/h1-12,23H,13H2. The van der Waals surface area contributed by atoms with Crippen molar-refractivity contribution in [2.45, 2.75) is 6.61 Å². The fourth-order valence-electron chi connectivity index (χ4n) is 3.27. The van der Waals surface area contributed by atoms with Gasteiger partial charge in [0.2, 0.25) is 11.1 Å². The van der Waals surface area contributed by atoms with Crippen molar-refractivity contribution in [3.05, 3.63) is 88.6 Å². The van der Waals surface area contributed by atoms with Gasteiger partial charge in [0, 0.05) is 17.0 Å². The quantitative estimate of drug-likeness (QED) is 0.502. The number of H-pyrrole nitrogens is 1. The molecule has 0 saturated carbocycles. The van der Waals surface area contributed by atoms with Gasteiger partial charge in [0.25, 0.3) is 0 Å². The Kier molecular flexibility index (Phi) is 3.28. The van der Waals surface area contributed by atoms with Crippen LogP contribution in [0.5, 0.6) is 5.75 Å². The Labute approximate surface area is 148 Å². The van der Waals surface area contributed by atoms with Crippen LogP contribution >= 0.6 is 0 Å². The summed E-state index contributed by atoms with van der Waals surface area (Å²) < 4.78 is 11.8. The number of benzene rings is 3. The molecule has 126 valence electrons. The number of nitrogens with one attached hydrogen (secondary N) is 1. The molecule has 0 saturated heterocycles. The van der Waals surface area contributed by atoms with Gasteiger partial charge in [-0.25, -0.2) is 0 Å². The van der Waals surface area contributed by atoms with Gasteiger partial charge in [-0.1, -0.05) is 48.5 Å². The first-order chi connectivity index (χ1) is 12.8. The Morgan fingerprint density at radius 2 is 1.69 bits per heavy atom. The molecular formula is C22H15NO3. The Morgan fingerprint density at radius 3 is 2.58 bits per heavy atom. The van der Waals surface area contributed by atoms with E-state index in [2.05, 4.69) is 4.98 Å². The average Bonchev–Trinajstić information content (AvgIpc) is 3.05. The van der Waals surface area contributed by atoms with Crippen molar-refractivity contribution >= 4 is 33.0 Å². The van der Waals surface area contributed by atoms with Gasteiger partial charge in [0.1, 0.15) is 17.9 Å². The van der Waals surface area contributed by atoms with E-state index in [0.29, 0.717) is 34.4 Å². The van der Waals surface area contributed by atoms with Crippen molar-refractivity contribution in [2.75, 3.05) is 0 Å². The van der Waals surface area contributed by atoms with E-state index >= 15 is 0 Å². The molecule has 0 aliphatic carbocycles. The topological polar surface area (TPSA) is 55.2 Å². The van der Waals surface area contributed by atoms with Crippen LogP contribution in [0.3, 0.4) is 0 Å². The first-order valence-corrected chi connectivity index (χ1v) is 8.43. The van der Waals surface area contributed by atoms with Gasteiger partial charge >= 0.3 is 0 Å². The second-order valence-electron chi connectivity index (χ2n) is 6.24. The zero-order valence-electron chi connectivity index (χ0n) is 13.9. The number of hydrogen-bond donors (Lipinski definition) is 1. The van der Waals surface area contributed by atoms with Crippen molar-refractivity contribution in [2.24, 2.45) is 0 Å². The molecule has 26 heavy (non-hydrogen) atoms. The highest BCUT2D eigenvalue weighted by molar-refractivity contribution is 6.07. The lowest BCUT2D eigenvalue weighted by molar-refractivity contribution is 0.306. The summed E-state index contributed by atoms with van der Waals surface area (Å²) in [5.41, 5.74) is 2.94. The molecule has 0 fully saturated rings. The number of aromatic nitrogens is 1. The minimum atomic E-state index is -0.0340. The van der Waals surface area contributed by atoms with Crippen molar-refractivity contribution in [3.63, 3.8) is 0 Å². The minimum absolute atomic E-state index is 0.0340. The molecule has 4 nitrogen and oxygen atoms in total. The highest BCUT2D eigenvalue weighted by Crippen LogP contribution is 2.27. The molecule has 0 spiro atoms. The van der Waals surface area contributed by atoms with E-state index in [-0.39, 0.29) is 5.43 Å². The number of rotatable bonds is 3. The van der Waals surface area contributed by atoms with E-state index in [1.54, 1.807) is 12.1 Å². The Morgan fingerprint density at radius 1 is 0.885 bits per heavy atom. The van der Waals surface area contributed by atoms with E-state index in [1.165, 1.54) is 0 Å². The largest absolute Gasteiger partial charge is 0.489 e. The van der Waals surface area contributed by atoms with Gasteiger partial charge < -0.3 is 14.1 Å². The maximum absolute atomic E-state index is 12.9. The van der Waals surface area contributed by atoms with E-state index in [4.69, 9.17) is 9.15 Å². The minimum Gasteiger partial charge on any atom is -0.489 e. The van der Waals surface area contributed by atoms with Crippen molar-refractivity contribution in [3.8, 4) is 5.75 Å². The summed E-state index contributed by atoms with van der Waals surface area (Å²) >= 11 is 0. The highest BCUT2D eigenvalue weighted by atomic mass is 16.5. The normalized spacial score (nSPS) is 11.4. The molecular weight excluding hydrogens is 326 g/mol. The van der Waals surface area contributed by atoms with Crippen LogP contribution in [0.15, 0.2) is 82.0 Å². The molecule has 0 amide bonds. The molecule has 3 aromatic carbocycles. The van der Waals surface area contributed by atoms with Gasteiger partial charge in [-0.2, -0.15) is 0 Å². The molecule has 0 unspecified atom stereocenters. The fourth-order valence-corrected chi connectivity index (χ4v) is 3.27. The lowest BCUT2D eigenvalue weighted by atomic mass is 10.1. The fraction of sp³-hybridized carbons (Fsp3) is 0.0455. The number of para-hydroxylation sites is 1. The van der Waals surface area contributed by atoms with E-state index in [9.17, 15) is 4.79 Å². The Bertz CT molecular complexity index is 1300. The third-order valence-corrected chi connectivity index (χ3v) is 4.56. The van der Waals surface area contributed by atoms with Gasteiger partial charge in [-0.3, -0.25) is 4.79 Å². The molecule has 0 aliphatic heterocycles. The summed E-state index contributed by atoms with van der Waals surface area (Å²) in [4.78, 5) is 16.1. The van der Waals surface area contributed by atoms with Crippen LogP contribution in [0.25, 0.3) is 33.0 Å². The third-order valence-electron chi connectivity index (χ3n) is 4.56. The summed E-state index contributed by atoms with van der Waals surface area (Å²) in [5.74, 6) is 0.667. The second-order valence-corrected chi connectivity index (χ2v) is 6.24. The molecule has 4 heteroatoms. The number of aromatic amines is 1. The molecule has 0 radical (unpaired) electrons. The maximum atomic E-state index is 12.9. The summed E-state index contributed by atoms with van der Waals surface area (Å²) in [6.07, 6.45) is 0. The summed E-state index contributed by atoms with van der Waals surface area (Å²) in [6, 6.07) is 23.0. The molecule has 5 aromatic rings. The zero-order valence-corrected chi connectivity index (χ0v) is 13.9. The van der Waals surface area contributed by atoms with Crippen LogP contribution in [0.1, 0.15) is 5.56 Å². The molecule has 1 N–H and O–H groups in total. The van der Waals surface area contributed by atoms with E-state index < -0.39 is 0 Å². The van der Waals surface area contributed by atoms with Crippen LogP contribution in [-0.2, 0) is 6.61 Å². The maximum Gasteiger partial charge on any atom is 0.209 e. The Hall–Kier alpha value is -3.53. The smallest absolute Gasteiger partial charge is 0.209 e. The third kappa shape index (κ3) is 2.35. The molecule has 2 aromatic heterocycles. The lowest BCUT2D eigenvalue weighted by Gasteiger charge is -2.07. The van der Waals surface area contributed by atoms with E-state index in [0.717, 1.165) is 16.5 Å². The van der Waals surface area contributed by atoms with Crippen LogP contribution in [0, 0.1) is 0 Å². The van der Waals surface area contributed by atoms with Crippen LogP contribution in [-0.4, -0.2) is 4.98 Å². The predicted molar refractivity (Wildman–Crippen MR) is 103 cm³/mol. The van der Waals surface area contributed by atoms with Crippen molar-refractivity contribution < 1.29 is 9.15 Å². The number of hydrogen-bond acceptors (Lipinski definition) is 3. The summed E-state index contributed by atoms with van der Waals surface area (Å²) in [7, 11) is 0. The first kappa shape index (κ1) is 14.8. The number of ether oxygens (including phenoxy) is 1. The number of fused-ring (bicyclic) bond motifs is 4. The first-order valence-electron chi connectivity index (χ1n) is 8.43. The van der Waals surface area contributed by atoms with Crippen LogP contribution < -0.4 is 10.2 Å². The lowest BCUT2D eigenvalue weighted by Crippen LogP contribution is -2.02. The van der Waals surface area contributed by atoms with Crippen molar-refractivity contribution in [1.29, 1.82) is 0 Å². The summed E-state index contributed by atoms with van der Waals surface area (Å²) in [5, 5.41) is 2.02. The van der Waals surface area contributed by atoms with E-state index in [1.807, 2.05) is 60.7 Å². The molecule has 0 aliphatic rings. The Balaban J connectivity index is 1.61. The van der Waals surface area contributed by atoms with Gasteiger partial charge in [-0.15, -0.1) is 0 Å². The van der Waals surface area contributed by atoms with Crippen LogP contribution in [0.4, 0.5) is 0 Å². The van der Waals surface area contributed by atoms with Gasteiger partial charge in [-0.05, 0) is 23.8 Å². The highest BCUT2D eigenvalue weighted by Gasteiger charge is 2.13. The molecule has 0 atom stereocenters. The zero-order chi connectivity index (χ0) is 17.5. The molecule has 5 rings (SSSR count). The molecule has 2 heterocycles. The predicted octanol–water partition coefficient (Wildman–Crippen LogP) is 5.01.